The fourth-order valence-corrected chi connectivity index (χ4v) is 3.22. The van der Waals surface area contributed by atoms with Crippen molar-refractivity contribution < 1.29 is 18.8 Å². The smallest absolute Gasteiger partial charge is 0.227 e. The van der Waals surface area contributed by atoms with E-state index in [0.717, 1.165) is 32.1 Å². The van der Waals surface area contributed by atoms with Crippen LogP contribution in [0.1, 0.15) is 50.2 Å². The largest absolute Gasteiger partial charge is 0.381 e. The number of hydrogen-bond donors (Lipinski definition) is 0. The second kappa shape index (κ2) is 6.23. The average Bonchev–Trinajstić information content (AvgIpc) is 2.99. The predicted molar refractivity (Wildman–Crippen MR) is 73.7 cm³/mol. The summed E-state index contributed by atoms with van der Waals surface area (Å²) >= 11 is 0. The number of methoxy groups -OCH3 is 1. The van der Waals surface area contributed by atoms with Gasteiger partial charge in [-0.05, 0) is 12.8 Å². The molecule has 0 aromatic carbocycles. The molecular formula is C15H22N2O4. The molecule has 2 heterocycles. The molecule has 6 heteroatoms. The van der Waals surface area contributed by atoms with Crippen LogP contribution in [-0.4, -0.2) is 36.2 Å². The van der Waals surface area contributed by atoms with Gasteiger partial charge in [0.1, 0.15) is 11.4 Å². The summed E-state index contributed by atoms with van der Waals surface area (Å²) in [6, 6.07) is 0. The molecular weight excluding hydrogens is 272 g/mol. The van der Waals surface area contributed by atoms with Crippen molar-refractivity contribution in [1.82, 2.24) is 10.1 Å². The highest BCUT2D eigenvalue weighted by atomic mass is 16.5. The number of carbonyl (C=O) groups excluding carboxylic acids is 1. The lowest BCUT2D eigenvalue weighted by Crippen LogP contribution is -2.36. The molecule has 3 rings (SSSR count). The molecule has 0 radical (unpaired) electrons. The topological polar surface area (TPSA) is 74.5 Å². The Morgan fingerprint density at radius 1 is 1.33 bits per heavy atom. The normalized spacial score (nSPS) is 26.0. The quantitative estimate of drug-likeness (QED) is 0.845. The minimum Gasteiger partial charge on any atom is -0.381 e. The number of ketones is 1. The van der Waals surface area contributed by atoms with E-state index in [1.54, 1.807) is 7.11 Å². The Morgan fingerprint density at radius 3 is 2.86 bits per heavy atom. The van der Waals surface area contributed by atoms with Gasteiger partial charge >= 0.3 is 0 Å². The molecule has 1 saturated carbocycles. The van der Waals surface area contributed by atoms with Gasteiger partial charge in [-0.1, -0.05) is 11.6 Å². The van der Waals surface area contributed by atoms with Crippen molar-refractivity contribution in [3.8, 4) is 0 Å². The second-order valence-corrected chi connectivity index (χ2v) is 5.94. The molecule has 1 aliphatic carbocycles. The van der Waals surface area contributed by atoms with Crippen molar-refractivity contribution in [1.29, 1.82) is 0 Å². The first-order chi connectivity index (χ1) is 10.2. The minimum absolute atomic E-state index is 0.0419. The van der Waals surface area contributed by atoms with Crippen LogP contribution in [-0.2, 0) is 26.3 Å². The molecule has 0 bridgehead atoms. The molecule has 116 valence electrons. The summed E-state index contributed by atoms with van der Waals surface area (Å²) in [7, 11) is 1.67. The number of aromatic nitrogens is 2. The van der Waals surface area contributed by atoms with Gasteiger partial charge in [-0.15, -0.1) is 0 Å². The van der Waals surface area contributed by atoms with E-state index in [1.165, 1.54) is 0 Å². The van der Waals surface area contributed by atoms with Crippen LogP contribution in [0.5, 0.6) is 0 Å². The van der Waals surface area contributed by atoms with E-state index in [-0.39, 0.29) is 5.92 Å². The standard InChI is InChI=1S/C15H22N2O4/c1-19-15(6-8-20-9-7-15)14-16-13(21-17-14)10-11-4-2-3-5-12(11)18/h11H,2-10H2,1H3. The van der Waals surface area contributed by atoms with E-state index in [0.29, 0.717) is 43.6 Å². The summed E-state index contributed by atoms with van der Waals surface area (Å²) in [5.41, 5.74) is -0.503. The molecule has 6 nitrogen and oxygen atoms in total. The highest BCUT2D eigenvalue weighted by molar-refractivity contribution is 5.81. The summed E-state index contributed by atoms with van der Waals surface area (Å²) in [4.78, 5) is 16.4. The van der Waals surface area contributed by atoms with Gasteiger partial charge in [0, 0.05) is 51.9 Å². The Bertz CT molecular complexity index is 494. The minimum atomic E-state index is -0.503. The maximum absolute atomic E-state index is 11.9. The van der Waals surface area contributed by atoms with Crippen molar-refractivity contribution in [3.05, 3.63) is 11.7 Å². The third-order valence-corrected chi connectivity index (χ3v) is 4.67. The van der Waals surface area contributed by atoms with Crippen molar-refractivity contribution in [2.45, 2.75) is 50.5 Å². The summed E-state index contributed by atoms with van der Waals surface area (Å²) in [5.74, 6) is 1.51. The molecule has 21 heavy (non-hydrogen) atoms. The lowest BCUT2D eigenvalue weighted by Gasteiger charge is -2.32. The Kier molecular flexibility index (Phi) is 4.35. The zero-order chi connectivity index (χ0) is 14.7. The molecule has 1 aliphatic heterocycles. The first-order valence-corrected chi connectivity index (χ1v) is 7.72. The first kappa shape index (κ1) is 14.7. The number of hydrogen-bond acceptors (Lipinski definition) is 6. The van der Waals surface area contributed by atoms with E-state index < -0.39 is 5.60 Å². The van der Waals surface area contributed by atoms with Crippen LogP contribution in [0.25, 0.3) is 0 Å². The maximum atomic E-state index is 11.9. The Labute approximate surface area is 124 Å². The second-order valence-electron chi connectivity index (χ2n) is 5.94. The van der Waals surface area contributed by atoms with Crippen LogP contribution in [0.4, 0.5) is 0 Å². The van der Waals surface area contributed by atoms with Gasteiger partial charge in [0.05, 0.1) is 0 Å². The molecule has 0 spiro atoms. The monoisotopic (exact) mass is 294 g/mol. The number of carbonyl (C=O) groups is 1. The highest BCUT2D eigenvalue weighted by Gasteiger charge is 2.39. The molecule has 2 aliphatic rings. The third kappa shape index (κ3) is 3.01. The molecule has 1 unspecified atom stereocenters. The van der Waals surface area contributed by atoms with Crippen LogP contribution >= 0.6 is 0 Å². The van der Waals surface area contributed by atoms with Crippen molar-refractivity contribution in [3.63, 3.8) is 0 Å². The van der Waals surface area contributed by atoms with Crippen LogP contribution in [0.2, 0.25) is 0 Å². The molecule has 0 N–H and O–H groups in total. The van der Waals surface area contributed by atoms with E-state index in [1.807, 2.05) is 0 Å². The molecule has 2 fully saturated rings. The van der Waals surface area contributed by atoms with Crippen molar-refractivity contribution in [2.24, 2.45) is 5.92 Å². The van der Waals surface area contributed by atoms with Gasteiger partial charge in [-0.3, -0.25) is 4.79 Å². The molecule has 1 atom stereocenters. The number of nitrogens with zero attached hydrogens (tertiary/aromatic N) is 2. The Hall–Kier alpha value is -1.27. The van der Waals surface area contributed by atoms with Gasteiger partial charge in [0.25, 0.3) is 0 Å². The van der Waals surface area contributed by atoms with Crippen molar-refractivity contribution in [2.75, 3.05) is 20.3 Å². The Balaban J connectivity index is 1.71. The van der Waals surface area contributed by atoms with Gasteiger partial charge in [-0.2, -0.15) is 4.98 Å². The average molecular weight is 294 g/mol. The SMILES string of the molecule is COC1(c2noc(CC3CCCCC3=O)n2)CCOCC1. The van der Waals surface area contributed by atoms with Crippen LogP contribution < -0.4 is 0 Å². The summed E-state index contributed by atoms with van der Waals surface area (Å²) in [5, 5.41) is 4.10. The van der Waals surface area contributed by atoms with Crippen LogP contribution in [0.15, 0.2) is 4.52 Å². The molecule has 1 aromatic heterocycles. The number of rotatable bonds is 4. The molecule has 1 aromatic rings. The summed E-state index contributed by atoms with van der Waals surface area (Å²) in [6.07, 6.45) is 5.75. The predicted octanol–water partition coefficient (Wildman–Crippen LogP) is 2.02. The van der Waals surface area contributed by atoms with Gasteiger partial charge < -0.3 is 14.0 Å². The van der Waals surface area contributed by atoms with E-state index in [9.17, 15) is 4.79 Å². The van der Waals surface area contributed by atoms with Gasteiger partial charge in [0.15, 0.2) is 0 Å². The van der Waals surface area contributed by atoms with Crippen LogP contribution in [0.3, 0.4) is 0 Å². The van der Waals surface area contributed by atoms with Gasteiger partial charge in [-0.25, -0.2) is 0 Å². The van der Waals surface area contributed by atoms with E-state index in [2.05, 4.69) is 10.1 Å². The maximum Gasteiger partial charge on any atom is 0.227 e. The molecule has 1 saturated heterocycles. The fourth-order valence-electron chi connectivity index (χ4n) is 3.22. The number of ether oxygens (including phenoxy) is 2. The third-order valence-electron chi connectivity index (χ3n) is 4.67. The van der Waals surface area contributed by atoms with Crippen molar-refractivity contribution >= 4 is 5.78 Å². The zero-order valence-corrected chi connectivity index (χ0v) is 12.5. The molecule has 0 amide bonds. The first-order valence-electron chi connectivity index (χ1n) is 7.72. The van der Waals surface area contributed by atoms with E-state index >= 15 is 0 Å². The van der Waals surface area contributed by atoms with Crippen LogP contribution in [0, 0.1) is 5.92 Å². The van der Waals surface area contributed by atoms with E-state index in [4.69, 9.17) is 14.0 Å². The lowest BCUT2D eigenvalue weighted by atomic mass is 9.86. The van der Waals surface area contributed by atoms with Gasteiger partial charge in [0.2, 0.25) is 11.7 Å². The fraction of sp³-hybridized carbons (Fsp3) is 0.800. The highest BCUT2D eigenvalue weighted by Crippen LogP contribution is 2.34. The lowest BCUT2D eigenvalue weighted by molar-refractivity contribution is -0.124. The number of Topliss-reactive ketones (excluding diaryl/α,β-unsaturated/α-hetero) is 1. The summed E-state index contributed by atoms with van der Waals surface area (Å²) in [6.45, 7) is 1.28. The Morgan fingerprint density at radius 2 is 2.14 bits per heavy atom. The zero-order valence-electron chi connectivity index (χ0n) is 12.5. The summed E-state index contributed by atoms with van der Waals surface area (Å²) < 4.78 is 16.4.